The van der Waals surface area contributed by atoms with Gasteiger partial charge in [0.2, 0.25) is 0 Å². The number of methoxy groups -OCH3 is 1. The second kappa shape index (κ2) is 5.23. The van der Waals surface area contributed by atoms with Gasteiger partial charge in [0.05, 0.1) is 12.8 Å². The van der Waals surface area contributed by atoms with Crippen molar-refractivity contribution in [3.8, 4) is 5.75 Å². The van der Waals surface area contributed by atoms with E-state index in [9.17, 15) is 4.39 Å². The molecule has 0 aliphatic rings. The zero-order valence-corrected chi connectivity index (χ0v) is 10.7. The van der Waals surface area contributed by atoms with Gasteiger partial charge in [-0.3, -0.25) is 0 Å². The van der Waals surface area contributed by atoms with Crippen molar-refractivity contribution in [2.45, 2.75) is 6.42 Å². The number of hydrogen-bond acceptors (Lipinski definition) is 3. The first-order valence-electron chi connectivity index (χ1n) is 4.98. The van der Waals surface area contributed by atoms with Gasteiger partial charge in [0.15, 0.2) is 5.82 Å². The standard InChI is InChI=1S/C12H10BrFN2O/c1-17-9-4-2-8(3-5-9)6-10-11(14)12(13)16-7-15-10/h2-5,7H,6H2,1H3. The lowest BCUT2D eigenvalue weighted by Crippen LogP contribution is -1.99. The molecule has 3 nitrogen and oxygen atoms in total. The Kier molecular flexibility index (Phi) is 3.68. The minimum atomic E-state index is -0.414. The normalized spacial score (nSPS) is 10.3. The van der Waals surface area contributed by atoms with E-state index in [1.807, 2.05) is 24.3 Å². The summed E-state index contributed by atoms with van der Waals surface area (Å²) in [5.74, 6) is 0.362. The first kappa shape index (κ1) is 12.0. The third-order valence-electron chi connectivity index (χ3n) is 2.35. The molecule has 1 heterocycles. The highest BCUT2D eigenvalue weighted by Gasteiger charge is 2.09. The van der Waals surface area contributed by atoms with Gasteiger partial charge in [-0.1, -0.05) is 12.1 Å². The molecule has 0 fully saturated rings. The van der Waals surface area contributed by atoms with Crippen LogP contribution in [-0.4, -0.2) is 17.1 Å². The quantitative estimate of drug-likeness (QED) is 0.817. The molecule has 0 radical (unpaired) electrons. The number of hydrogen-bond donors (Lipinski definition) is 0. The summed E-state index contributed by atoms with van der Waals surface area (Å²) in [6.45, 7) is 0. The number of aromatic nitrogens is 2. The maximum atomic E-state index is 13.6. The van der Waals surface area contributed by atoms with Gasteiger partial charge in [0.25, 0.3) is 0 Å². The highest BCUT2D eigenvalue weighted by molar-refractivity contribution is 9.10. The topological polar surface area (TPSA) is 35.0 Å². The van der Waals surface area contributed by atoms with Gasteiger partial charge in [-0.15, -0.1) is 0 Å². The second-order valence-electron chi connectivity index (χ2n) is 3.45. The predicted molar refractivity (Wildman–Crippen MR) is 65.5 cm³/mol. The molecule has 0 N–H and O–H groups in total. The Morgan fingerprint density at radius 2 is 1.94 bits per heavy atom. The summed E-state index contributed by atoms with van der Waals surface area (Å²) in [6.07, 6.45) is 1.77. The molecule has 5 heteroatoms. The van der Waals surface area contributed by atoms with Crippen molar-refractivity contribution < 1.29 is 9.13 Å². The SMILES string of the molecule is COc1ccc(Cc2ncnc(Br)c2F)cc1. The zero-order chi connectivity index (χ0) is 12.3. The lowest BCUT2D eigenvalue weighted by molar-refractivity contribution is 0.414. The molecule has 0 spiro atoms. The van der Waals surface area contributed by atoms with E-state index in [2.05, 4.69) is 25.9 Å². The lowest BCUT2D eigenvalue weighted by atomic mass is 10.1. The fourth-order valence-corrected chi connectivity index (χ4v) is 1.76. The average molecular weight is 297 g/mol. The summed E-state index contributed by atoms with van der Waals surface area (Å²) < 4.78 is 18.9. The molecule has 0 amide bonds. The fourth-order valence-electron chi connectivity index (χ4n) is 1.44. The number of halogens is 2. The molecule has 0 aliphatic carbocycles. The van der Waals surface area contributed by atoms with Crippen LogP contribution in [0.1, 0.15) is 11.3 Å². The van der Waals surface area contributed by atoms with Gasteiger partial charge in [-0.2, -0.15) is 0 Å². The molecule has 1 aromatic heterocycles. The Labute approximate surface area is 107 Å². The minimum Gasteiger partial charge on any atom is -0.497 e. The Hall–Kier alpha value is -1.49. The van der Waals surface area contributed by atoms with Crippen LogP contribution in [0.4, 0.5) is 4.39 Å². The number of rotatable bonds is 3. The van der Waals surface area contributed by atoms with E-state index in [4.69, 9.17) is 4.74 Å². The molecule has 0 aliphatic heterocycles. The molecule has 1 aromatic carbocycles. The lowest BCUT2D eigenvalue weighted by Gasteiger charge is -2.04. The first-order chi connectivity index (χ1) is 8.20. The smallest absolute Gasteiger partial charge is 0.177 e. The van der Waals surface area contributed by atoms with Gasteiger partial charge in [-0.25, -0.2) is 14.4 Å². The Morgan fingerprint density at radius 3 is 2.59 bits per heavy atom. The Balaban J connectivity index is 2.22. The zero-order valence-electron chi connectivity index (χ0n) is 9.15. The van der Waals surface area contributed by atoms with E-state index >= 15 is 0 Å². The molecule has 2 aromatic rings. The van der Waals surface area contributed by atoms with Crippen LogP contribution in [0.5, 0.6) is 5.75 Å². The monoisotopic (exact) mass is 296 g/mol. The third-order valence-corrected chi connectivity index (χ3v) is 2.90. The van der Waals surface area contributed by atoms with Gasteiger partial charge in [0.1, 0.15) is 16.7 Å². The van der Waals surface area contributed by atoms with E-state index < -0.39 is 5.82 Å². The highest BCUT2D eigenvalue weighted by atomic mass is 79.9. The van der Waals surface area contributed by atoms with Crippen LogP contribution in [0.2, 0.25) is 0 Å². The average Bonchev–Trinajstić information content (AvgIpc) is 2.36. The molecule has 0 saturated carbocycles. The fraction of sp³-hybridized carbons (Fsp3) is 0.167. The van der Waals surface area contributed by atoms with Crippen molar-refractivity contribution in [2.75, 3.05) is 7.11 Å². The van der Waals surface area contributed by atoms with E-state index in [-0.39, 0.29) is 4.60 Å². The predicted octanol–water partition coefficient (Wildman–Crippen LogP) is 2.98. The molecule has 0 saturated heterocycles. The maximum Gasteiger partial charge on any atom is 0.177 e. The van der Waals surface area contributed by atoms with Crippen molar-refractivity contribution >= 4 is 15.9 Å². The minimum absolute atomic E-state index is 0.191. The summed E-state index contributed by atoms with van der Waals surface area (Å²) in [4.78, 5) is 7.65. The Bertz CT molecular complexity index is 516. The van der Waals surface area contributed by atoms with E-state index in [0.717, 1.165) is 11.3 Å². The van der Waals surface area contributed by atoms with Crippen LogP contribution in [0, 0.1) is 5.82 Å². The van der Waals surface area contributed by atoms with Gasteiger partial charge in [-0.05, 0) is 33.6 Å². The van der Waals surface area contributed by atoms with E-state index in [1.165, 1.54) is 6.33 Å². The molecule has 17 heavy (non-hydrogen) atoms. The van der Waals surface area contributed by atoms with Crippen LogP contribution in [0.3, 0.4) is 0 Å². The summed E-state index contributed by atoms with van der Waals surface area (Å²) in [5.41, 5.74) is 1.34. The summed E-state index contributed by atoms with van der Waals surface area (Å²) in [7, 11) is 1.61. The summed E-state index contributed by atoms with van der Waals surface area (Å²) in [6, 6.07) is 7.44. The maximum absolute atomic E-state index is 13.6. The summed E-state index contributed by atoms with van der Waals surface area (Å²) in [5, 5.41) is 0. The van der Waals surface area contributed by atoms with Crippen LogP contribution < -0.4 is 4.74 Å². The van der Waals surface area contributed by atoms with Crippen LogP contribution >= 0.6 is 15.9 Å². The molecule has 0 bridgehead atoms. The molecule has 2 rings (SSSR count). The number of ether oxygens (including phenoxy) is 1. The molecular formula is C12H10BrFN2O. The van der Waals surface area contributed by atoms with Crippen molar-refractivity contribution in [3.63, 3.8) is 0 Å². The second-order valence-corrected chi connectivity index (χ2v) is 4.20. The van der Waals surface area contributed by atoms with Crippen LogP contribution in [0.15, 0.2) is 35.2 Å². The largest absolute Gasteiger partial charge is 0.497 e. The Morgan fingerprint density at radius 1 is 1.24 bits per heavy atom. The van der Waals surface area contributed by atoms with E-state index in [0.29, 0.717) is 12.1 Å². The van der Waals surface area contributed by atoms with Gasteiger partial charge >= 0.3 is 0 Å². The first-order valence-corrected chi connectivity index (χ1v) is 5.78. The molecular weight excluding hydrogens is 287 g/mol. The van der Waals surface area contributed by atoms with Crippen molar-refractivity contribution in [2.24, 2.45) is 0 Å². The van der Waals surface area contributed by atoms with Gasteiger partial charge < -0.3 is 4.74 Å². The van der Waals surface area contributed by atoms with Crippen LogP contribution in [-0.2, 0) is 6.42 Å². The van der Waals surface area contributed by atoms with E-state index in [1.54, 1.807) is 7.11 Å². The van der Waals surface area contributed by atoms with Crippen molar-refractivity contribution in [3.05, 3.63) is 52.3 Å². The summed E-state index contributed by atoms with van der Waals surface area (Å²) >= 11 is 3.04. The third kappa shape index (κ3) is 2.79. The van der Waals surface area contributed by atoms with Crippen LogP contribution in [0.25, 0.3) is 0 Å². The molecule has 88 valence electrons. The molecule has 0 atom stereocenters. The molecule has 0 unspecified atom stereocenters. The van der Waals surface area contributed by atoms with Crippen molar-refractivity contribution in [1.29, 1.82) is 0 Å². The number of benzene rings is 1. The van der Waals surface area contributed by atoms with Gasteiger partial charge in [0, 0.05) is 6.42 Å². The highest BCUT2D eigenvalue weighted by Crippen LogP contribution is 2.18. The number of nitrogens with zero attached hydrogens (tertiary/aromatic N) is 2. The van der Waals surface area contributed by atoms with Crippen molar-refractivity contribution in [1.82, 2.24) is 9.97 Å².